The third-order valence-corrected chi connectivity index (χ3v) is 5.80. The number of para-hydroxylation sites is 2. The van der Waals surface area contributed by atoms with Gasteiger partial charge in [-0.3, -0.25) is 9.59 Å². The van der Waals surface area contributed by atoms with Crippen molar-refractivity contribution in [1.29, 1.82) is 0 Å². The largest absolute Gasteiger partial charge is 0.479 e. The minimum atomic E-state index is -0.568. The highest BCUT2D eigenvalue weighted by Crippen LogP contribution is 2.34. The molecule has 2 aliphatic heterocycles. The van der Waals surface area contributed by atoms with Gasteiger partial charge in [0.1, 0.15) is 5.75 Å². The van der Waals surface area contributed by atoms with Gasteiger partial charge in [-0.15, -0.1) is 0 Å². The highest BCUT2D eigenvalue weighted by Gasteiger charge is 2.31. The summed E-state index contributed by atoms with van der Waals surface area (Å²) in [6, 6.07) is 13.0. The van der Waals surface area contributed by atoms with Gasteiger partial charge in [-0.2, -0.15) is 0 Å². The zero-order valence-corrected chi connectivity index (χ0v) is 17.8. The van der Waals surface area contributed by atoms with E-state index in [2.05, 4.69) is 10.2 Å². The standard InChI is InChI=1S/C23H26ClN3O3/c1-16-23(29)27(20-7-3-4-8-21(20)30-16)14-11-22(28)25-18-15-17(24)9-10-19(18)26-12-5-2-6-13-26/h3-4,7-10,15-16H,2,5-6,11-14H2,1H3,(H,25,28). The first kappa shape index (κ1) is 20.5. The summed E-state index contributed by atoms with van der Waals surface area (Å²) >= 11 is 6.19. The normalized spacial score (nSPS) is 18.6. The van der Waals surface area contributed by atoms with E-state index < -0.39 is 6.10 Å². The second-order valence-corrected chi connectivity index (χ2v) is 8.16. The molecule has 0 bridgehead atoms. The molecular formula is C23H26ClN3O3. The third kappa shape index (κ3) is 4.38. The van der Waals surface area contributed by atoms with Crippen LogP contribution >= 0.6 is 11.6 Å². The lowest BCUT2D eigenvalue weighted by molar-refractivity contribution is -0.125. The van der Waals surface area contributed by atoms with Crippen LogP contribution in [-0.2, 0) is 9.59 Å². The molecule has 2 aromatic rings. The van der Waals surface area contributed by atoms with Gasteiger partial charge in [0.2, 0.25) is 5.91 Å². The fraction of sp³-hybridized carbons (Fsp3) is 0.391. The van der Waals surface area contributed by atoms with Crippen molar-refractivity contribution in [3.63, 3.8) is 0 Å². The quantitative estimate of drug-likeness (QED) is 0.764. The number of amides is 2. The lowest BCUT2D eigenvalue weighted by Crippen LogP contribution is -2.45. The van der Waals surface area contributed by atoms with Gasteiger partial charge in [-0.1, -0.05) is 23.7 Å². The fourth-order valence-electron chi connectivity index (χ4n) is 4.03. The number of nitrogens with zero attached hydrogens (tertiary/aromatic N) is 2. The first-order valence-electron chi connectivity index (χ1n) is 10.4. The van der Waals surface area contributed by atoms with Crippen molar-refractivity contribution in [3.05, 3.63) is 47.5 Å². The summed E-state index contributed by atoms with van der Waals surface area (Å²) in [7, 11) is 0. The Morgan fingerprint density at radius 3 is 2.70 bits per heavy atom. The molecule has 1 N–H and O–H groups in total. The molecule has 1 saturated heterocycles. The summed E-state index contributed by atoms with van der Waals surface area (Å²) in [5.41, 5.74) is 2.41. The average molecular weight is 428 g/mol. The molecular weight excluding hydrogens is 402 g/mol. The highest BCUT2D eigenvalue weighted by atomic mass is 35.5. The van der Waals surface area contributed by atoms with Crippen molar-refractivity contribution in [2.24, 2.45) is 0 Å². The Balaban J connectivity index is 1.46. The second kappa shape index (κ2) is 8.96. The van der Waals surface area contributed by atoms with E-state index in [4.69, 9.17) is 16.3 Å². The van der Waals surface area contributed by atoms with E-state index in [0.29, 0.717) is 16.5 Å². The maximum Gasteiger partial charge on any atom is 0.267 e. The molecule has 2 aromatic carbocycles. The first-order chi connectivity index (χ1) is 14.5. The Morgan fingerprint density at radius 2 is 1.90 bits per heavy atom. The van der Waals surface area contributed by atoms with E-state index in [0.717, 1.165) is 37.3 Å². The zero-order valence-electron chi connectivity index (χ0n) is 17.1. The molecule has 7 heteroatoms. The Labute approximate surface area is 181 Å². The summed E-state index contributed by atoms with van der Waals surface area (Å²) < 4.78 is 5.66. The minimum Gasteiger partial charge on any atom is -0.479 e. The predicted octanol–water partition coefficient (Wildman–Crippen LogP) is 4.47. The monoisotopic (exact) mass is 427 g/mol. The number of ether oxygens (including phenoxy) is 1. The number of nitrogens with one attached hydrogen (secondary N) is 1. The molecule has 0 aromatic heterocycles. The van der Waals surface area contributed by atoms with Gasteiger partial charge in [0.05, 0.1) is 17.1 Å². The van der Waals surface area contributed by atoms with Gasteiger partial charge in [0.15, 0.2) is 6.10 Å². The van der Waals surface area contributed by atoms with E-state index in [1.807, 2.05) is 36.4 Å². The number of carbonyl (C=O) groups is 2. The number of carbonyl (C=O) groups excluding carboxylic acids is 2. The number of fused-ring (bicyclic) bond motifs is 1. The Hall–Kier alpha value is -2.73. The zero-order chi connectivity index (χ0) is 21.1. The summed E-state index contributed by atoms with van der Waals surface area (Å²) in [4.78, 5) is 29.3. The number of halogens is 1. The van der Waals surface area contributed by atoms with Crippen LogP contribution in [0.15, 0.2) is 42.5 Å². The summed E-state index contributed by atoms with van der Waals surface area (Å²) in [5, 5.41) is 3.58. The van der Waals surface area contributed by atoms with Crippen LogP contribution in [0.3, 0.4) is 0 Å². The minimum absolute atomic E-state index is 0.140. The molecule has 4 rings (SSSR count). The van der Waals surface area contributed by atoms with Gasteiger partial charge in [0.25, 0.3) is 5.91 Å². The summed E-state index contributed by atoms with van der Waals surface area (Å²) in [6.07, 6.45) is 3.14. The SMILES string of the molecule is CC1Oc2ccccc2N(CCC(=O)Nc2cc(Cl)ccc2N2CCCCC2)C1=O. The van der Waals surface area contributed by atoms with Gasteiger partial charge in [-0.05, 0) is 56.5 Å². The molecule has 6 nitrogen and oxygen atoms in total. The van der Waals surface area contributed by atoms with Crippen LogP contribution in [0.25, 0.3) is 0 Å². The molecule has 0 aliphatic carbocycles. The maximum absolute atomic E-state index is 12.8. The van der Waals surface area contributed by atoms with E-state index in [-0.39, 0.29) is 24.8 Å². The number of hydrogen-bond donors (Lipinski definition) is 1. The van der Waals surface area contributed by atoms with Crippen molar-refractivity contribution in [2.75, 3.05) is 34.8 Å². The van der Waals surface area contributed by atoms with Gasteiger partial charge in [0, 0.05) is 31.1 Å². The van der Waals surface area contributed by atoms with Crippen LogP contribution in [0.4, 0.5) is 17.1 Å². The molecule has 2 aliphatic rings. The van der Waals surface area contributed by atoms with Gasteiger partial charge in [-0.25, -0.2) is 0 Å². The number of hydrogen-bond acceptors (Lipinski definition) is 4. The van der Waals surface area contributed by atoms with Crippen LogP contribution < -0.4 is 19.9 Å². The highest BCUT2D eigenvalue weighted by molar-refractivity contribution is 6.31. The maximum atomic E-state index is 12.8. The molecule has 1 fully saturated rings. The van der Waals surface area contributed by atoms with Crippen molar-refractivity contribution < 1.29 is 14.3 Å². The number of piperidine rings is 1. The van der Waals surface area contributed by atoms with Gasteiger partial charge < -0.3 is 19.9 Å². The summed E-state index contributed by atoms with van der Waals surface area (Å²) in [5.74, 6) is 0.366. The number of benzene rings is 2. The van der Waals surface area contributed by atoms with E-state index in [1.54, 1.807) is 17.9 Å². The molecule has 0 spiro atoms. The number of anilines is 3. The lowest BCUT2D eigenvalue weighted by atomic mass is 10.1. The molecule has 0 saturated carbocycles. The van der Waals surface area contributed by atoms with E-state index in [1.165, 1.54) is 6.42 Å². The molecule has 30 heavy (non-hydrogen) atoms. The Kier molecular flexibility index (Phi) is 6.13. The summed E-state index contributed by atoms with van der Waals surface area (Å²) in [6.45, 7) is 3.96. The fourth-order valence-corrected chi connectivity index (χ4v) is 4.21. The van der Waals surface area contributed by atoms with E-state index >= 15 is 0 Å². The second-order valence-electron chi connectivity index (χ2n) is 7.73. The van der Waals surface area contributed by atoms with Crippen molar-refractivity contribution in [1.82, 2.24) is 0 Å². The van der Waals surface area contributed by atoms with Crippen LogP contribution in [0, 0.1) is 0 Å². The lowest BCUT2D eigenvalue weighted by Gasteiger charge is -2.33. The van der Waals surface area contributed by atoms with Crippen LogP contribution in [0.1, 0.15) is 32.6 Å². The van der Waals surface area contributed by atoms with Gasteiger partial charge >= 0.3 is 0 Å². The van der Waals surface area contributed by atoms with E-state index in [9.17, 15) is 9.59 Å². The molecule has 2 heterocycles. The van der Waals surface area contributed by atoms with Crippen molar-refractivity contribution in [2.45, 2.75) is 38.7 Å². The Morgan fingerprint density at radius 1 is 1.13 bits per heavy atom. The average Bonchev–Trinajstić information content (AvgIpc) is 2.75. The molecule has 1 unspecified atom stereocenters. The van der Waals surface area contributed by atoms with Crippen LogP contribution in [-0.4, -0.2) is 37.6 Å². The molecule has 158 valence electrons. The van der Waals surface area contributed by atoms with Crippen LogP contribution in [0.5, 0.6) is 5.75 Å². The predicted molar refractivity (Wildman–Crippen MR) is 120 cm³/mol. The topological polar surface area (TPSA) is 61.9 Å². The molecule has 1 atom stereocenters. The smallest absolute Gasteiger partial charge is 0.267 e. The first-order valence-corrected chi connectivity index (χ1v) is 10.8. The van der Waals surface area contributed by atoms with Crippen molar-refractivity contribution >= 4 is 40.5 Å². The Bertz CT molecular complexity index is 943. The molecule has 2 amide bonds. The van der Waals surface area contributed by atoms with Crippen LogP contribution in [0.2, 0.25) is 5.02 Å². The third-order valence-electron chi connectivity index (χ3n) is 5.57. The number of rotatable bonds is 5. The molecule has 0 radical (unpaired) electrons. The van der Waals surface area contributed by atoms with Crippen molar-refractivity contribution in [3.8, 4) is 5.75 Å².